The Hall–Kier alpha value is -2.82. The van der Waals surface area contributed by atoms with E-state index in [1.165, 1.54) is 40.9 Å². The second-order valence-electron chi connectivity index (χ2n) is 7.66. The van der Waals surface area contributed by atoms with Gasteiger partial charge in [-0.2, -0.15) is 5.26 Å². The second-order valence-corrected chi connectivity index (χ2v) is 8.63. The molecule has 0 unspecified atom stereocenters. The average Bonchev–Trinajstić information content (AvgIpc) is 3.08. The Balaban J connectivity index is 1.71. The van der Waals surface area contributed by atoms with E-state index in [0.29, 0.717) is 16.2 Å². The fourth-order valence-electron chi connectivity index (χ4n) is 3.89. The van der Waals surface area contributed by atoms with Gasteiger partial charge in [0.15, 0.2) is 5.72 Å². The summed E-state index contributed by atoms with van der Waals surface area (Å²) in [6.45, 7) is 3.89. The van der Waals surface area contributed by atoms with Gasteiger partial charge < -0.3 is 9.84 Å². The third-order valence-corrected chi connectivity index (χ3v) is 6.49. The third-order valence-electron chi connectivity index (χ3n) is 5.27. The summed E-state index contributed by atoms with van der Waals surface area (Å²) in [5.74, 6) is -0.169. The van der Waals surface area contributed by atoms with E-state index < -0.39 is 11.5 Å². The monoisotopic (exact) mass is 424 g/mol. The lowest BCUT2D eigenvalue weighted by atomic mass is 9.85. The number of halogens is 1. The number of rotatable bonds is 4. The molecular weight excluding hydrogens is 403 g/mol. The topological polar surface area (TPSA) is 73.6 Å². The molecule has 2 aromatic carbocycles. The number of nitriles is 1. The fourth-order valence-corrected chi connectivity index (χ4v) is 5.25. The summed E-state index contributed by atoms with van der Waals surface area (Å²) in [4.78, 5) is 14.4. The Morgan fingerprint density at radius 2 is 1.90 bits per heavy atom. The molecule has 5 nitrogen and oxygen atoms in total. The van der Waals surface area contributed by atoms with Crippen LogP contribution in [0.25, 0.3) is 0 Å². The maximum absolute atomic E-state index is 13.3. The van der Waals surface area contributed by atoms with Crippen LogP contribution in [0.2, 0.25) is 0 Å². The summed E-state index contributed by atoms with van der Waals surface area (Å²) < 4.78 is 19.0. The standard InChI is InChI=1S/C23H21FN2O3S/c1-14(2)29-18-9-3-15(4-10-18)19-11-21(27)26-22(20(19)12-25)30-13-23(26,28)16-5-7-17(24)8-6-16/h3-10,14,19,28H,11,13H2,1-2H3/t19-,23+/m1/s1. The van der Waals surface area contributed by atoms with Gasteiger partial charge in [0.1, 0.15) is 11.6 Å². The molecule has 2 atom stereocenters. The summed E-state index contributed by atoms with van der Waals surface area (Å²) >= 11 is 1.27. The van der Waals surface area contributed by atoms with Crippen molar-refractivity contribution in [3.63, 3.8) is 0 Å². The highest BCUT2D eigenvalue weighted by Gasteiger charge is 2.51. The number of aliphatic hydroxyl groups is 1. The highest BCUT2D eigenvalue weighted by atomic mass is 32.2. The summed E-state index contributed by atoms with van der Waals surface area (Å²) in [6.07, 6.45) is 0.123. The lowest BCUT2D eigenvalue weighted by Crippen LogP contribution is -2.48. The van der Waals surface area contributed by atoms with Gasteiger partial charge in [-0.3, -0.25) is 9.69 Å². The van der Waals surface area contributed by atoms with E-state index in [9.17, 15) is 19.6 Å². The third kappa shape index (κ3) is 3.47. The van der Waals surface area contributed by atoms with E-state index in [4.69, 9.17) is 4.74 Å². The zero-order valence-electron chi connectivity index (χ0n) is 16.6. The summed E-state index contributed by atoms with van der Waals surface area (Å²) in [5, 5.41) is 21.7. The fraction of sp³-hybridized carbons (Fsp3) is 0.304. The van der Waals surface area contributed by atoms with Crippen LogP contribution in [-0.4, -0.2) is 27.8 Å². The van der Waals surface area contributed by atoms with Crippen molar-refractivity contribution in [1.82, 2.24) is 4.90 Å². The molecule has 2 aliphatic heterocycles. The molecular formula is C23H21FN2O3S. The lowest BCUT2D eigenvalue weighted by molar-refractivity contribution is -0.149. The smallest absolute Gasteiger partial charge is 0.231 e. The minimum Gasteiger partial charge on any atom is -0.491 e. The zero-order valence-corrected chi connectivity index (χ0v) is 17.4. The summed E-state index contributed by atoms with van der Waals surface area (Å²) in [5.41, 5.74) is 0.120. The molecule has 2 aliphatic rings. The number of carbonyl (C=O) groups excluding carboxylic acids is 1. The zero-order chi connectivity index (χ0) is 21.5. The normalized spacial score (nSPS) is 23.5. The van der Waals surface area contributed by atoms with Crippen molar-refractivity contribution in [2.45, 2.75) is 38.0 Å². The second kappa shape index (κ2) is 7.78. The van der Waals surface area contributed by atoms with Crippen LogP contribution < -0.4 is 4.74 Å². The van der Waals surface area contributed by atoms with Crippen molar-refractivity contribution in [3.05, 3.63) is 76.1 Å². The largest absolute Gasteiger partial charge is 0.491 e. The van der Waals surface area contributed by atoms with Gasteiger partial charge >= 0.3 is 0 Å². The Kier molecular flexibility index (Phi) is 5.31. The molecule has 1 amide bonds. The molecule has 2 aromatic rings. The van der Waals surface area contributed by atoms with Crippen molar-refractivity contribution < 1.29 is 19.0 Å². The Labute approximate surface area is 178 Å². The van der Waals surface area contributed by atoms with Gasteiger partial charge in [0.25, 0.3) is 0 Å². The first-order valence-corrected chi connectivity index (χ1v) is 10.7. The maximum atomic E-state index is 13.3. The molecule has 4 rings (SSSR count). The first kappa shape index (κ1) is 20.5. The highest BCUT2D eigenvalue weighted by molar-refractivity contribution is 8.03. The van der Waals surface area contributed by atoms with Gasteiger partial charge in [0, 0.05) is 17.9 Å². The van der Waals surface area contributed by atoms with Gasteiger partial charge in [0.2, 0.25) is 5.91 Å². The van der Waals surface area contributed by atoms with E-state index in [-0.39, 0.29) is 30.1 Å². The van der Waals surface area contributed by atoms with Crippen LogP contribution in [-0.2, 0) is 10.5 Å². The number of thioether (sulfide) groups is 1. The van der Waals surface area contributed by atoms with E-state index >= 15 is 0 Å². The molecule has 30 heavy (non-hydrogen) atoms. The SMILES string of the molecule is CC(C)Oc1ccc([C@H]2CC(=O)N3C(=C2C#N)SC[C@]3(O)c2ccc(F)cc2)cc1. The predicted molar refractivity (Wildman–Crippen MR) is 112 cm³/mol. The van der Waals surface area contributed by atoms with E-state index in [1.54, 1.807) is 0 Å². The minimum atomic E-state index is -1.60. The van der Waals surface area contributed by atoms with Crippen molar-refractivity contribution in [3.8, 4) is 11.8 Å². The van der Waals surface area contributed by atoms with Gasteiger partial charge in [0.05, 0.1) is 28.5 Å². The van der Waals surface area contributed by atoms with Crippen LogP contribution in [0, 0.1) is 17.1 Å². The highest BCUT2D eigenvalue weighted by Crippen LogP contribution is 2.51. The van der Waals surface area contributed by atoms with Gasteiger partial charge in [-0.1, -0.05) is 24.3 Å². The molecule has 0 saturated carbocycles. The van der Waals surface area contributed by atoms with E-state index in [1.807, 2.05) is 38.1 Å². The number of hydrogen-bond acceptors (Lipinski definition) is 5. The Bertz CT molecular complexity index is 1040. The first-order chi connectivity index (χ1) is 14.3. The van der Waals surface area contributed by atoms with Crippen LogP contribution in [0.15, 0.2) is 59.1 Å². The molecule has 0 aromatic heterocycles. The molecule has 154 valence electrons. The number of hydrogen-bond donors (Lipinski definition) is 1. The predicted octanol–water partition coefficient (Wildman–Crippen LogP) is 4.26. The molecule has 1 fully saturated rings. The van der Waals surface area contributed by atoms with E-state index in [2.05, 4.69) is 6.07 Å². The number of carbonyl (C=O) groups is 1. The van der Waals surface area contributed by atoms with Crippen LogP contribution in [0.4, 0.5) is 4.39 Å². The number of amides is 1. The van der Waals surface area contributed by atoms with Crippen LogP contribution >= 0.6 is 11.8 Å². The molecule has 0 radical (unpaired) electrons. The Morgan fingerprint density at radius 1 is 1.23 bits per heavy atom. The number of benzene rings is 2. The molecule has 2 heterocycles. The van der Waals surface area contributed by atoms with Crippen LogP contribution in [0.1, 0.15) is 37.3 Å². The molecule has 0 bridgehead atoms. The number of ether oxygens (including phenoxy) is 1. The van der Waals surface area contributed by atoms with Crippen molar-refractivity contribution >= 4 is 17.7 Å². The first-order valence-electron chi connectivity index (χ1n) is 9.68. The number of allylic oxidation sites excluding steroid dienone is 1. The van der Waals surface area contributed by atoms with Gasteiger partial charge in [-0.05, 0) is 43.7 Å². The molecule has 0 aliphatic carbocycles. The molecule has 7 heteroatoms. The minimum absolute atomic E-state index is 0.0523. The van der Waals surface area contributed by atoms with Crippen LogP contribution in [0.5, 0.6) is 5.75 Å². The van der Waals surface area contributed by atoms with E-state index in [0.717, 1.165) is 11.3 Å². The lowest BCUT2D eigenvalue weighted by Gasteiger charge is -2.38. The molecule has 1 N–H and O–H groups in total. The van der Waals surface area contributed by atoms with Crippen molar-refractivity contribution in [2.75, 3.05) is 5.75 Å². The van der Waals surface area contributed by atoms with Gasteiger partial charge in [-0.15, -0.1) is 11.8 Å². The van der Waals surface area contributed by atoms with Crippen molar-refractivity contribution in [2.24, 2.45) is 0 Å². The molecule has 1 saturated heterocycles. The van der Waals surface area contributed by atoms with Gasteiger partial charge in [-0.25, -0.2) is 4.39 Å². The quantitative estimate of drug-likeness (QED) is 0.794. The molecule has 0 spiro atoms. The summed E-state index contributed by atoms with van der Waals surface area (Å²) in [7, 11) is 0. The number of nitrogens with zero attached hydrogens (tertiary/aromatic N) is 2. The average molecular weight is 424 g/mol. The Morgan fingerprint density at radius 3 is 2.50 bits per heavy atom. The number of fused-ring (bicyclic) bond motifs is 1. The van der Waals surface area contributed by atoms with Crippen LogP contribution in [0.3, 0.4) is 0 Å². The maximum Gasteiger partial charge on any atom is 0.231 e. The van der Waals surface area contributed by atoms with Crippen molar-refractivity contribution in [1.29, 1.82) is 5.26 Å². The summed E-state index contributed by atoms with van der Waals surface area (Å²) in [6, 6.07) is 15.1.